The molecule has 196 valence electrons. The molecule has 1 saturated carbocycles. The second-order valence-corrected chi connectivity index (χ2v) is 11.8. The topological polar surface area (TPSA) is 86.8 Å². The van der Waals surface area contributed by atoms with Crippen molar-refractivity contribution >= 4 is 27.5 Å². The molecular formula is C28H39N3O4S. The minimum Gasteiger partial charge on any atom is -0.352 e. The van der Waals surface area contributed by atoms with Crippen molar-refractivity contribution in [3.63, 3.8) is 0 Å². The number of rotatable bonds is 11. The van der Waals surface area contributed by atoms with E-state index in [0.717, 1.165) is 42.4 Å². The van der Waals surface area contributed by atoms with Crippen molar-refractivity contribution in [2.75, 3.05) is 17.1 Å². The molecule has 2 aromatic rings. The van der Waals surface area contributed by atoms with Gasteiger partial charge in [-0.25, -0.2) is 8.42 Å². The SMILES string of the molecule is Cc1cccc(CN(C(=O)CCCN(c2ccccc2C)S(C)(=O)=O)C(C)C(=O)NC2CCCC2)c1. The molecule has 1 N–H and O–H groups in total. The van der Waals surface area contributed by atoms with Gasteiger partial charge in [0.05, 0.1) is 11.9 Å². The van der Waals surface area contributed by atoms with Gasteiger partial charge in [0.1, 0.15) is 6.04 Å². The fourth-order valence-corrected chi connectivity index (χ4v) is 5.83. The lowest BCUT2D eigenvalue weighted by molar-refractivity contribution is -0.141. The highest BCUT2D eigenvalue weighted by molar-refractivity contribution is 7.92. The highest BCUT2D eigenvalue weighted by Crippen LogP contribution is 2.23. The van der Waals surface area contributed by atoms with Gasteiger partial charge in [-0.05, 0) is 57.2 Å². The minimum atomic E-state index is -3.51. The van der Waals surface area contributed by atoms with Gasteiger partial charge in [0, 0.05) is 25.6 Å². The van der Waals surface area contributed by atoms with E-state index in [1.165, 1.54) is 10.6 Å². The number of hydrogen-bond donors (Lipinski definition) is 1. The number of anilines is 1. The van der Waals surface area contributed by atoms with Gasteiger partial charge in [-0.1, -0.05) is 60.9 Å². The molecule has 2 amide bonds. The van der Waals surface area contributed by atoms with E-state index in [0.29, 0.717) is 18.7 Å². The number of nitrogens with one attached hydrogen (secondary N) is 1. The van der Waals surface area contributed by atoms with Crippen molar-refractivity contribution in [1.29, 1.82) is 0 Å². The van der Waals surface area contributed by atoms with E-state index in [4.69, 9.17) is 0 Å². The quantitative estimate of drug-likeness (QED) is 0.485. The van der Waals surface area contributed by atoms with Gasteiger partial charge in [-0.15, -0.1) is 0 Å². The summed E-state index contributed by atoms with van der Waals surface area (Å²) in [6, 6.07) is 14.8. The van der Waals surface area contributed by atoms with E-state index >= 15 is 0 Å². The predicted molar refractivity (Wildman–Crippen MR) is 144 cm³/mol. The maximum absolute atomic E-state index is 13.4. The highest BCUT2D eigenvalue weighted by atomic mass is 32.2. The Bertz CT molecular complexity index is 1160. The molecule has 0 spiro atoms. The number of amides is 2. The first kappa shape index (κ1) is 27.7. The zero-order chi connectivity index (χ0) is 26.3. The van der Waals surface area contributed by atoms with Crippen LogP contribution in [0.25, 0.3) is 0 Å². The Hall–Kier alpha value is -2.87. The summed E-state index contributed by atoms with van der Waals surface area (Å²) in [5, 5.41) is 3.11. The van der Waals surface area contributed by atoms with E-state index in [-0.39, 0.29) is 30.8 Å². The van der Waals surface area contributed by atoms with Crippen LogP contribution in [0.2, 0.25) is 0 Å². The third kappa shape index (κ3) is 7.56. The number of carbonyl (C=O) groups is 2. The molecule has 0 aromatic heterocycles. The van der Waals surface area contributed by atoms with Crippen LogP contribution in [0.4, 0.5) is 5.69 Å². The summed E-state index contributed by atoms with van der Waals surface area (Å²) in [6.07, 6.45) is 5.86. The fourth-order valence-electron chi connectivity index (χ4n) is 4.81. The summed E-state index contributed by atoms with van der Waals surface area (Å²) in [5.41, 5.74) is 3.52. The van der Waals surface area contributed by atoms with E-state index in [1.54, 1.807) is 24.0 Å². The van der Waals surface area contributed by atoms with Gasteiger partial charge in [0.25, 0.3) is 0 Å². The maximum atomic E-state index is 13.4. The lowest BCUT2D eigenvalue weighted by Gasteiger charge is -2.30. The number of benzene rings is 2. The summed E-state index contributed by atoms with van der Waals surface area (Å²) in [7, 11) is -3.51. The van der Waals surface area contributed by atoms with Crippen molar-refractivity contribution < 1.29 is 18.0 Å². The standard InChI is InChI=1S/C28H39N3O4S/c1-21-11-9-13-24(19-21)20-30(23(3)28(33)29-25-14-6-7-15-25)27(32)17-10-18-31(36(4,34)35)26-16-8-5-12-22(26)2/h5,8-9,11-13,16,19,23,25H,6-7,10,14-15,17-18,20H2,1-4H3,(H,29,33). The summed E-state index contributed by atoms with van der Waals surface area (Å²) < 4.78 is 26.4. The largest absolute Gasteiger partial charge is 0.352 e. The van der Waals surface area contributed by atoms with Crippen LogP contribution in [-0.2, 0) is 26.2 Å². The predicted octanol–water partition coefficient (Wildman–Crippen LogP) is 4.33. The van der Waals surface area contributed by atoms with Crippen LogP contribution in [0.1, 0.15) is 62.1 Å². The molecule has 36 heavy (non-hydrogen) atoms. The van der Waals surface area contributed by atoms with Gasteiger partial charge < -0.3 is 10.2 Å². The third-order valence-corrected chi connectivity index (χ3v) is 8.02. The molecule has 1 fully saturated rings. The molecule has 0 bridgehead atoms. The molecule has 1 atom stereocenters. The maximum Gasteiger partial charge on any atom is 0.242 e. The van der Waals surface area contributed by atoms with Crippen molar-refractivity contribution in [3.8, 4) is 0 Å². The van der Waals surface area contributed by atoms with Crippen LogP contribution >= 0.6 is 0 Å². The first-order valence-corrected chi connectivity index (χ1v) is 14.6. The Morgan fingerprint density at radius 1 is 1.06 bits per heavy atom. The van der Waals surface area contributed by atoms with Gasteiger partial charge in [-0.2, -0.15) is 0 Å². The molecule has 2 aromatic carbocycles. The summed E-state index contributed by atoms with van der Waals surface area (Å²) in [4.78, 5) is 28.1. The molecule has 1 aliphatic carbocycles. The average Bonchev–Trinajstić information content (AvgIpc) is 3.33. The average molecular weight is 514 g/mol. The lowest BCUT2D eigenvalue weighted by Crippen LogP contribution is -2.49. The summed E-state index contributed by atoms with van der Waals surface area (Å²) >= 11 is 0. The molecule has 8 heteroatoms. The minimum absolute atomic E-state index is 0.138. The second-order valence-electron chi connectivity index (χ2n) is 9.90. The normalized spacial score (nSPS) is 14.9. The number of nitrogens with zero attached hydrogens (tertiary/aromatic N) is 2. The smallest absolute Gasteiger partial charge is 0.242 e. The molecule has 0 aliphatic heterocycles. The molecule has 0 saturated heterocycles. The zero-order valence-corrected chi connectivity index (χ0v) is 22.7. The molecule has 0 radical (unpaired) electrons. The van der Waals surface area contributed by atoms with E-state index in [1.807, 2.05) is 50.2 Å². The van der Waals surface area contributed by atoms with Crippen LogP contribution in [-0.4, -0.2) is 50.0 Å². The number of para-hydroxylation sites is 1. The number of aryl methyl sites for hydroxylation is 2. The summed E-state index contributed by atoms with van der Waals surface area (Å²) in [5.74, 6) is -0.301. The Labute approximate surface area is 215 Å². The van der Waals surface area contributed by atoms with Crippen molar-refractivity contribution in [3.05, 3.63) is 65.2 Å². The van der Waals surface area contributed by atoms with Crippen LogP contribution in [0.5, 0.6) is 0 Å². The Balaban J connectivity index is 1.72. The molecule has 3 rings (SSSR count). The van der Waals surface area contributed by atoms with Gasteiger partial charge in [0.15, 0.2) is 0 Å². The van der Waals surface area contributed by atoms with Crippen molar-refractivity contribution in [1.82, 2.24) is 10.2 Å². The monoisotopic (exact) mass is 513 g/mol. The van der Waals surface area contributed by atoms with Crippen LogP contribution < -0.4 is 9.62 Å². The van der Waals surface area contributed by atoms with Gasteiger partial charge >= 0.3 is 0 Å². The van der Waals surface area contributed by atoms with Crippen molar-refractivity contribution in [2.24, 2.45) is 0 Å². The van der Waals surface area contributed by atoms with Gasteiger partial charge in [-0.3, -0.25) is 13.9 Å². The molecule has 0 heterocycles. The zero-order valence-electron chi connectivity index (χ0n) is 21.9. The molecule has 1 unspecified atom stereocenters. The number of hydrogen-bond acceptors (Lipinski definition) is 4. The molecule has 1 aliphatic rings. The number of sulfonamides is 1. The van der Waals surface area contributed by atoms with E-state index in [2.05, 4.69) is 5.32 Å². The summed E-state index contributed by atoms with van der Waals surface area (Å²) in [6.45, 7) is 6.15. The molecule has 7 nitrogen and oxygen atoms in total. The first-order valence-electron chi connectivity index (χ1n) is 12.7. The highest BCUT2D eigenvalue weighted by Gasteiger charge is 2.29. The van der Waals surface area contributed by atoms with E-state index in [9.17, 15) is 18.0 Å². The Morgan fingerprint density at radius 2 is 1.75 bits per heavy atom. The third-order valence-electron chi connectivity index (χ3n) is 6.84. The second kappa shape index (κ2) is 12.4. The van der Waals surface area contributed by atoms with Gasteiger partial charge in [0.2, 0.25) is 21.8 Å². The van der Waals surface area contributed by atoms with Crippen LogP contribution in [0.15, 0.2) is 48.5 Å². The molecular weight excluding hydrogens is 474 g/mol. The van der Waals surface area contributed by atoms with Crippen molar-refractivity contribution in [2.45, 2.75) is 77.9 Å². The number of carbonyl (C=O) groups excluding carboxylic acids is 2. The fraction of sp³-hybridized carbons (Fsp3) is 0.500. The Morgan fingerprint density at radius 3 is 2.39 bits per heavy atom. The van der Waals surface area contributed by atoms with Crippen LogP contribution in [0, 0.1) is 13.8 Å². The van der Waals surface area contributed by atoms with Crippen LogP contribution in [0.3, 0.4) is 0 Å². The first-order chi connectivity index (χ1) is 17.1. The van der Waals surface area contributed by atoms with E-state index < -0.39 is 16.1 Å². The lowest BCUT2D eigenvalue weighted by atomic mass is 10.1. The Kier molecular flexibility index (Phi) is 9.54.